The first-order valence-electron chi connectivity index (χ1n) is 14.0. The highest BCUT2D eigenvalue weighted by Crippen LogP contribution is 2.34. The molecule has 2 heterocycles. The molecule has 0 aromatic heterocycles. The van der Waals surface area contributed by atoms with E-state index in [0.717, 1.165) is 28.7 Å². The van der Waals surface area contributed by atoms with Gasteiger partial charge in [-0.05, 0) is 47.2 Å². The topological polar surface area (TPSA) is 61.9 Å². The van der Waals surface area contributed by atoms with Gasteiger partial charge in [-0.2, -0.15) is 0 Å². The highest BCUT2D eigenvalue weighted by molar-refractivity contribution is 6.34. The molecular weight excluding hydrogens is 557 g/mol. The number of rotatable bonds is 9. The number of amides is 2. The fourth-order valence-electron chi connectivity index (χ4n) is 5.61. The molecule has 8 heteroatoms. The van der Waals surface area contributed by atoms with Gasteiger partial charge in [0.15, 0.2) is 0 Å². The number of nitrogens with one attached hydrogen (secondary N) is 1. The van der Waals surface area contributed by atoms with Crippen LogP contribution in [0, 0.1) is 0 Å². The minimum absolute atomic E-state index is 0.00756. The normalized spacial score (nSPS) is 18.3. The molecule has 0 radical (unpaired) electrons. The second-order valence-electron chi connectivity index (χ2n) is 10.8. The van der Waals surface area contributed by atoms with Crippen molar-refractivity contribution in [1.82, 2.24) is 15.1 Å². The lowest BCUT2D eigenvalue weighted by Gasteiger charge is -2.44. The molecule has 1 N–H and O–H groups in total. The fraction of sp³-hybridized carbons (Fsp3) is 0.333. The Bertz CT molecular complexity index is 1430. The predicted molar refractivity (Wildman–Crippen MR) is 164 cm³/mol. The zero-order chi connectivity index (χ0) is 28.9. The summed E-state index contributed by atoms with van der Waals surface area (Å²) in [4.78, 5) is 29.9. The molecule has 1 fully saturated rings. The van der Waals surface area contributed by atoms with E-state index in [4.69, 9.17) is 27.9 Å². The van der Waals surface area contributed by atoms with Crippen LogP contribution >= 0.6 is 23.2 Å². The van der Waals surface area contributed by atoms with Crippen LogP contribution < -0.4 is 10.1 Å². The number of carbonyl (C=O) groups excluding carboxylic acids is 2. The summed E-state index contributed by atoms with van der Waals surface area (Å²) in [5.41, 5.74) is 5.18. The number of halogens is 2. The molecule has 0 saturated carbocycles. The zero-order valence-electron chi connectivity index (χ0n) is 23.4. The van der Waals surface area contributed by atoms with Gasteiger partial charge >= 0.3 is 0 Å². The Labute approximate surface area is 251 Å². The lowest BCUT2D eigenvalue weighted by molar-refractivity contribution is -0.132. The van der Waals surface area contributed by atoms with Crippen molar-refractivity contribution in [2.24, 2.45) is 0 Å². The van der Waals surface area contributed by atoms with Crippen molar-refractivity contribution in [1.29, 1.82) is 0 Å². The van der Waals surface area contributed by atoms with E-state index in [0.29, 0.717) is 54.9 Å². The van der Waals surface area contributed by atoms with Crippen molar-refractivity contribution in [3.8, 4) is 5.75 Å². The highest BCUT2D eigenvalue weighted by Gasteiger charge is 2.39. The van der Waals surface area contributed by atoms with E-state index in [1.165, 1.54) is 5.56 Å². The van der Waals surface area contributed by atoms with Gasteiger partial charge in [-0.3, -0.25) is 9.59 Å². The Hall–Kier alpha value is -3.32. The van der Waals surface area contributed by atoms with Gasteiger partial charge in [-0.15, -0.1) is 0 Å². The lowest BCUT2D eigenvalue weighted by Crippen LogP contribution is -2.61. The third kappa shape index (κ3) is 7.13. The smallest absolute Gasteiger partial charge is 0.251 e. The number of fused-ring (bicyclic) bond motifs is 2. The predicted octanol–water partition coefficient (Wildman–Crippen LogP) is 5.66. The van der Waals surface area contributed by atoms with Crippen LogP contribution in [-0.4, -0.2) is 67.0 Å². The van der Waals surface area contributed by atoms with Gasteiger partial charge in [0.2, 0.25) is 5.91 Å². The van der Waals surface area contributed by atoms with Crippen LogP contribution in [-0.2, 0) is 22.4 Å². The van der Waals surface area contributed by atoms with Crippen molar-refractivity contribution in [3.63, 3.8) is 0 Å². The van der Waals surface area contributed by atoms with Crippen LogP contribution in [0.15, 0.2) is 78.4 Å². The number of piperazine rings is 1. The molecule has 2 bridgehead atoms. The number of carbonyl (C=O) groups is 2. The van der Waals surface area contributed by atoms with Crippen LogP contribution in [0.2, 0.25) is 10.0 Å². The molecular formula is C33H35Cl2N3O3. The Balaban J connectivity index is 1.34. The van der Waals surface area contributed by atoms with E-state index in [1.54, 1.807) is 25.1 Å². The van der Waals surface area contributed by atoms with Gasteiger partial charge in [-0.25, -0.2) is 0 Å². The van der Waals surface area contributed by atoms with Crippen LogP contribution in [0.3, 0.4) is 0 Å². The molecule has 2 atom stereocenters. The number of benzene rings is 3. The molecule has 2 aliphatic heterocycles. The first-order chi connectivity index (χ1) is 19.8. The fourth-order valence-corrected chi connectivity index (χ4v) is 5.95. The number of likely N-dealkylation sites (N-methyl/N-ethyl adjacent to an activating group) is 1. The molecule has 2 aliphatic rings. The average Bonchev–Trinajstić information content (AvgIpc) is 2.97. The van der Waals surface area contributed by atoms with Crippen molar-refractivity contribution in [2.45, 2.75) is 38.3 Å². The maximum Gasteiger partial charge on any atom is 0.251 e. The summed E-state index contributed by atoms with van der Waals surface area (Å²) in [6.45, 7) is 3.81. The number of hydrogen-bond acceptors (Lipinski definition) is 4. The number of nitrogens with zero attached hydrogens (tertiary/aromatic N) is 2. The Kier molecular flexibility index (Phi) is 9.33. The van der Waals surface area contributed by atoms with Crippen LogP contribution in [0.25, 0.3) is 5.57 Å². The summed E-state index contributed by atoms with van der Waals surface area (Å²) in [6.07, 6.45) is 2.17. The van der Waals surface area contributed by atoms with Gasteiger partial charge in [-0.1, -0.05) is 77.8 Å². The van der Waals surface area contributed by atoms with E-state index in [-0.39, 0.29) is 23.9 Å². The van der Waals surface area contributed by atoms with Crippen molar-refractivity contribution in [2.75, 3.05) is 33.3 Å². The lowest BCUT2D eigenvalue weighted by atomic mass is 9.82. The van der Waals surface area contributed by atoms with Crippen molar-refractivity contribution < 1.29 is 14.3 Å². The van der Waals surface area contributed by atoms with Crippen LogP contribution in [0.5, 0.6) is 5.75 Å². The van der Waals surface area contributed by atoms with Gasteiger partial charge in [0, 0.05) is 62.7 Å². The highest BCUT2D eigenvalue weighted by atomic mass is 35.5. The number of hydrogen-bond donors (Lipinski definition) is 1. The molecule has 214 valence electrons. The molecule has 41 heavy (non-hydrogen) atoms. The Morgan fingerprint density at radius 3 is 2.44 bits per heavy atom. The molecule has 1 saturated heterocycles. The van der Waals surface area contributed by atoms with Gasteiger partial charge in [0.25, 0.3) is 5.91 Å². The minimum Gasteiger partial charge on any atom is -0.492 e. The maximum absolute atomic E-state index is 14.0. The molecule has 6 nitrogen and oxygen atoms in total. The summed E-state index contributed by atoms with van der Waals surface area (Å²) in [5.74, 6) is 0.620. The SMILES string of the molecule is CC(=O)N1CC2CC(c3ccc(CCOc4cc(Cl)ccc4Cl)cc3)=C(C(=O)N(C)CCc3ccccc3)[C@@H](C1)N2. The quantitative estimate of drug-likeness (QED) is 0.349. The largest absolute Gasteiger partial charge is 0.492 e. The standard InChI is InChI=1S/C33H35Cl2N3O3/c1-22(39)38-20-27-19-28(25-10-8-24(9-11-25)15-17-41-31-18-26(34)12-13-29(31)35)32(30(21-38)36-27)33(40)37(2)16-14-23-6-4-3-5-7-23/h3-13,18,27,30,36H,14-17,19-21H2,1-2H3/t27?,30-/m1/s1. The average molecular weight is 593 g/mol. The Morgan fingerprint density at radius 2 is 1.71 bits per heavy atom. The van der Waals surface area contributed by atoms with E-state index in [1.807, 2.05) is 35.0 Å². The maximum atomic E-state index is 14.0. The summed E-state index contributed by atoms with van der Waals surface area (Å²) in [7, 11) is 1.86. The molecule has 3 aromatic rings. The third-order valence-corrected chi connectivity index (χ3v) is 8.40. The molecule has 0 aliphatic carbocycles. The van der Waals surface area contributed by atoms with Gasteiger partial charge in [0.1, 0.15) is 5.75 Å². The van der Waals surface area contributed by atoms with Crippen LogP contribution in [0.1, 0.15) is 30.0 Å². The molecule has 5 rings (SSSR count). The summed E-state index contributed by atoms with van der Waals surface area (Å²) >= 11 is 12.3. The second-order valence-corrected chi connectivity index (χ2v) is 11.6. The molecule has 1 unspecified atom stereocenters. The zero-order valence-corrected chi connectivity index (χ0v) is 24.9. The second kappa shape index (κ2) is 13.1. The van der Waals surface area contributed by atoms with Crippen LogP contribution in [0.4, 0.5) is 0 Å². The monoisotopic (exact) mass is 591 g/mol. The van der Waals surface area contributed by atoms with E-state index in [9.17, 15) is 9.59 Å². The van der Waals surface area contributed by atoms with E-state index >= 15 is 0 Å². The first-order valence-corrected chi connectivity index (χ1v) is 14.7. The molecule has 2 amide bonds. The Morgan fingerprint density at radius 1 is 0.976 bits per heavy atom. The molecule has 0 spiro atoms. The van der Waals surface area contributed by atoms with E-state index in [2.05, 4.69) is 41.7 Å². The van der Waals surface area contributed by atoms with Gasteiger partial charge in [0.05, 0.1) is 17.7 Å². The molecule has 3 aromatic carbocycles. The number of ether oxygens (including phenoxy) is 1. The van der Waals surface area contributed by atoms with E-state index < -0.39 is 0 Å². The summed E-state index contributed by atoms with van der Waals surface area (Å²) in [5, 5.41) is 4.73. The third-order valence-electron chi connectivity index (χ3n) is 7.85. The summed E-state index contributed by atoms with van der Waals surface area (Å²) in [6, 6.07) is 23.6. The first kappa shape index (κ1) is 29.2. The van der Waals surface area contributed by atoms with Crippen molar-refractivity contribution >= 4 is 40.6 Å². The minimum atomic E-state index is -0.205. The van der Waals surface area contributed by atoms with Gasteiger partial charge < -0.3 is 19.9 Å². The van der Waals surface area contributed by atoms with Crippen molar-refractivity contribution in [3.05, 3.63) is 105 Å². The summed E-state index contributed by atoms with van der Waals surface area (Å²) < 4.78 is 5.86.